The van der Waals surface area contributed by atoms with Crippen molar-refractivity contribution in [3.8, 4) is 0 Å². The summed E-state index contributed by atoms with van der Waals surface area (Å²) in [4.78, 5) is 29.0. The van der Waals surface area contributed by atoms with Gasteiger partial charge in [0, 0.05) is 26.2 Å². The van der Waals surface area contributed by atoms with E-state index in [4.69, 9.17) is 26.4 Å². The summed E-state index contributed by atoms with van der Waals surface area (Å²) >= 11 is 5.07. The Morgan fingerprint density at radius 1 is 1.31 bits per heavy atom. The minimum atomic E-state index is -0.539. The van der Waals surface area contributed by atoms with Crippen molar-refractivity contribution in [2.45, 2.75) is 33.0 Å². The van der Waals surface area contributed by atoms with Crippen molar-refractivity contribution in [1.82, 2.24) is 10.2 Å². The zero-order chi connectivity index (χ0) is 23.3. The maximum atomic E-state index is 14.9. The lowest BCUT2D eigenvalue weighted by molar-refractivity contribution is 0.105. The van der Waals surface area contributed by atoms with Crippen LogP contribution in [-0.4, -0.2) is 80.3 Å². The number of cyclic esters (lactones) is 1. The van der Waals surface area contributed by atoms with Crippen molar-refractivity contribution in [2.75, 3.05) is 55.7 Å². The zero-order valence-corrected chi connectivity index (χ0v) is 19.3. The molecule has 176 valence electrons. The summed E-state index contributed by atoms with van der Waals surface area (Å²) in [7, 11) is 0. The van der Waals surface area contributed by atoms with Crippen molar-refractivity contribution in [3.05, 3.63) is 24.0 Å². The third-order valence-corrected chi connectivity index (χ3v) is 5.32. The van der Waals surface area contributed by atoms with E-state index in [2.05, 4.69) is 5.32 Å². The van der Waals surface area contributed by atoms with Gasteiger partial charge in [-0.3, -0.25) is 4.90 Å². The molecule has 2 fully saturated rings. The quantitative estimate of drug-likeness (QED) is 0.639. The number of nitrogens with zero attached hydrogens (tertiary/aromatic N) is 3. The molecule has 1 aromatic carbocycles. The third-order valence-electron chi connectivity index (χ3n) is 5.08. The number of anilines is 2. The van der Waals surface area contributed by atoms with Crippen LogP contribution in [0.4, 0.5) is 25.4 Å². The molecule has 2 heterocycles. The molecule has 0 radical (unpaired) electrons. The number of piperazine rings is 1. The van der Waals surface area contributed by atoms with Gasteiger partial charge in [0.2, 0.25) is 0 Å². The lowest BCUT2D eigenvalue weighted by Crippen LogP contribution is -2.49. The van der Waals surface area contributed by atoms with E-state index in [0.717, 1.165) is 0 Å². The molecule has 2 aliphatic rings. The molecule has 2 saturated heterocycles. The number of rotatable bonds is 6. The highest BCUT2D eigenvalue weighted by molar-refractivity contribution is 7.80. The molecule has 3 rings (SSSR count). The molecule has 1 N–H and O–H groups in total. The van der Waals surface area contributed by atoms with E-state index >= 15 is 0 Å². The molecule has 1 aromatic rings. The first kappa shape index (κ1) is 23.8. The van der Waals surface area contributed by atoms with Gasteiger partial charge >= 0.3 is 12.2 Å². The first-order valence-electron chi connectivity index (χ1n) is 10.7. The summed E-state index contributed by atoms with van der Waals surface area (Å²) in [6.07, 6.45) is -1.37. The molecular weight excluding hydrogens is 439 g/mol. The first-order chi connectivity index (χ1) is 15.3. The van der Waals surface area contributed by atoms with Gasteiger partial charge < -0.3 is 29.3 Å². The van der Waals surface area contributed by atoms with Crippen molar-refractivity contribution in [1.29, 1.82) is 0 Å². The Kier molecular flexibility index (Phi) is 7.94. The van der Waals surface area contributed by atoms with Crippen LogP contribution in [0.15, 0.2) is 18.2 Å². The second-order valence-corrected chi connectivity index (χ2v) is 8.13. The van der Waals surface area contributed by atoms with Crippen LogP contribution < -0.4 is 15.1 Å². The van der Waals surface area contributed by atoms with E-state index < -0.39 is 18.0 Å². The lowest BCUT2D eigenvalue weighted by Gasteiger charge is -2.35. The van der Waals surface area contributed by atoms with E-state index in [1.165, 1.54) is 11.0 Å². The number of benzene rings is 1. The Morgan fingerprint density at radius 2 is 2.03 bits per heavy atom. The van der Waals surface area contributed by atoms with Crippen LogP contribution in [0.2, 0.25) is 0 Å². The molecular formula is C21H29FN4O5S. The summed E-state index contributed by atoms with van der Waals surface area (Å²) in [5, 5.41) is 3.16. The number of ether oxygens (including phenoxy) is 3. The van der Waals surface area contributed by atoms with E-state index in [0.29, 0.717) is 50.7 Å². The summed E-state index contributed by atoms with van der Waals surface area (Å²) in [6, 6.07) is 4.67. The Morgan fingerprint density at radius 3 is 2.66 bits per heavy atom. The average Bonchev–Trinajstić information content (AvgIpc) is 3.12. The van der Waals surface area contributed by atoms with Gasteiger partial charge in [0.05, 0.1) is 37.2 Å². The Labute approximate surface area is 192 Å². The molecule has 0 bridgehead atoms. The molecule has 0 aliphatic carbocycles. The molecule has 11 heteroatoms. The maximum Gasteiger partial charge on any atom is 0.414 e. The fourth-order valence-corrected chi connectivity index (χ4v) is 3.83. The van der Waals surface area contributed by atoms with Crippen LogP contribution in [0.3, 0.4) is 0 Å². The number of carbonyl (C=O) groups is 2. The molecule has 0 saturated carbocycles. The topological polar surface area (TPSA) is 83.6 Å². The average molecular weight is 469 g/mol. The first-order valence-corrected chi connectivity index (χ1v) is 11.1. The minimum Gasteiger partial charge on any atom is -0.468 e. The molecule has 0 spiro atoms. The highest BCUT2D eigenvalue weighted by Crippen LogP contribution is 2.28. The van der Waals surface area contributed by atoms with Gasteiger partial charge in [0.15, 0.2) is 0 Å². The van der Waals surface area contributed by atoms with Crippen LogP contribution in [0.25, 0.3) is 0 Å². The predicted octanol–water partition coefficient (Wildman–Crippen LogP) is 2.73. The van der Waals surface area contributed by atoms with Gasteiger partial charge in [-0.1, -0.05) is 0 Å². The second-order valence-electron chi connectivity index (χ2n) is 7.76. The Balaban J connectivity index is 1.56. The van der Waals surface area contributed by atoms with E-state index in [1.807, 2.05) is 18.7 Å². The Hall–Kier alpha value is -2.82. The number of amides is 2. The van der Waals surface area contributed by atoms with Crippen molar-refractivity contribution < 1.29 is 28.2 Å². The highest BCUT2D eigenvalue weighted by atomic mass is 32.1. The lowest BCUT2D eigenvalue weighted by atomic mass is 10.2. The van der Waals surface area contributed by atoms with Crippen molar-refractivity contribution in [3.63, 3.8) is 0 Å². The summed E-state index contributed by atoms with van der Waals surface area (Å²) in [5.74, 6) is -0.437. The zero-order valence-electron chi connectivity index (χ0n) is 18.5. The standard InChI is InChI=1S/C21H29FN4O5S/c1-4-29-20(27)25-9-7-24(8-10-25)18-6-5-15(11-17(18)22)26-13-16(31-21(26)28)12-23-19(32)30-14(2)3/h5-6,11,14,16H,4,7-10,12-13H2,1-3H3,(H,23,32)/t16-/m0/s1. The van der Waals surface area contributed by atoms with Gasteiger partial charge in [-0.2, -0.15) is 0 Å². The van der Waals surface area contributed by atoms with Crippen LogP contribution in [0.1, 0.15) is 20.8 Å². The normalized spacial score (nSPS) is 18.6. The number of carbonyl (C=O) groups excluding carboxylic acids is 2. The predicted molar refractivity (Wildman–Crippen MR) is 122 cm³/mol. The SMILES string of the molecule is CCOC(=O)N1CCN(c2ccc(N3C[C@H](CNC(=S)OC(C)C)OC3=O)cc2F)CC1. The fourth-order valence-electron chi connectivity index (χ4n) is 3.56. The van der Waals surface area contributed by atoms with Crippen LogP contribution in [-0.2, 0) is 14.2 Å². The molecule has 1 atom stereocenters. The largest absolute Gasteiger partial charge is 0.468 e. The van der Waals surface area contributed by atoms with Gasteiger partial charge in [-0.05, 0) is 51.2 Å². The molecule has 2 amide bonds. The van der Waals surface area contributed by atoms with E-state index in [-0.39, 0.29) is 23.9 Å². The summed E-state index contributed by atoms with van der Waals surface area (Å²) in [6.45, 7) is 8.28. The molecule has 0 unspecified atom stereocenters. The van der Waals surface area contributed by atoms with Gasteiger partial charge in [-0.25, -0.2) is 14.0 Å². The summed E-state index contributed by atoms with van der Waals surface area (Å²) in [5.41, 5.74) is 0.851. The monoisotopic (exact) mass is 468 g/mol. The second kappa shape index (κ2) is 10.7. The van der Waals surface area contributed by atoms with Crippen LogP contribution >= 0.6 is 12.2 Å². The van der Waals surface area contributed by atoms with Crippen LogP contribution in [0, 0.1) is 5.82 Å². The highest BCUT2D eigenvalue weighted by Gasteiger charge is 2.33. The number of hydrogen-bond donors (Lipinski definition) is 1. The number of hydrogen-bond acceptors (Lipinski definition) is 7. The molecule has 0 aromatic heterocycles. The molecule has 9 nitrogen and oxygen atoms in total. The van der Waals surface area contributed by atoms with Gasteiger partial charge in [-0.15, -0.1) is 0 Å². The van der Waals surface area contributed by atoms with Gasteiger partial charge in [0.25, 0.3) is 5.17 Å². The van der Waals surface area contributed by atoms with Crippen LogP contribution in [0.5, 0.6) is 0 Å². The molecule has 2 aliphatic heterocycles. The van der Waals surface area contributed by atoms with Crippen molar-refractivity contribution >= 4 is 41.0 Å². The smallest absolute Gasteiger partial charge is 0.414 e. The number of thiocarbonyl (C=S) groups is 1. The van der Waals surface area contributed by atoms with Gasteiger partial charge in [0.1, 0.15) is 11.9 Å². The minimum absolute atomic E-state index is 0.0488. The number of nitrogens with one attached hydrogen (secondary N) is 1. The molecule has 32 heavy (non-hydrogen) atoms. The summed E-state index contributed by atoms with van der Waals surface area (Å²) < 4.78 is 30.6. The van der Waals surface area contributed by atoms with E-state index in [9.17, 15) is 14.0 Å². The number of halogens is 1. The van der Waals surface area contributed by atoms with E-state index in [1.54, 1.807) is 24.0 Å². The third kappa shape index (κ3) is 5.90. The fraction of sp³-hybridized carbons (Fsp3) is 0.571. The Bertz CT molecular complexity index is 847. The van der Waals surface area contributed by atoms with Crippen molar-refractivity contribution in [2.24, 2.45) is 0 Å². The maximum absolute atomic E-state index is 14.9.